The van der Waals surface area contributed by atoms with Gasteiger partial charge in [0, 0.05) is 0 Å². The molecule has 2 aromatic carbocycles. The number of nitrogens with two attached hydrogens (primary N) is 1. The Kier molecular flexibility index (Phi) is 4.97. The normalized spacial score (nSPS) is 9.90. The van der Waals surface area contributed by atoms with Gasteiger partial charge in [-0.1, -0.05) is 36.1 Å². The van der Waals surface area contributed by atoms with Gasteiger partial charge in [-0.3, -0.25) is 0 Å². The maximum absolute atomic E-state index is 13.6. The lowest BCUT2D eigenvalue weighted by Gasteiger charge is -2.12. The van der Waals surface area contributed by atoms with E-state index in [2.05, 4.69) is 11.8 Å². The first-order valence-electron chi connectivity index (χ1n) is 6.78. The Morgan fingerprint density at radius 2 is 1.86 bits per heavy atom. The Labute approximate surface area is 124 Å². The summed E-state index contributed by atoms with van der Waals surface area (Å²) < 4.78 is 19.5. The molecule has 108 valence electrons. The molecule has 3 heteroatoms. The van der Waals surface area contributed by atoms with Crippen molar-refractivity contribution in [1.82, 2.24) is 0 Å². The zero-order valence-electron chi connectivity index (χ0n) is 12.2. The van der Waals surface area contributed by atoms with Crippen molar-refractivity contribution in [2.45, 2.75) is 20.5 Å². The van der Waals surface area contributed by atoms with E-state index >= 15 is 0 Å². The molecule has 2 rings (SSSR count). The minimum absolute atomic E-state index is 0.211. The molecule has 0 aromatic heterocycles. The molecule has 0 saturated carbocycles. The smallest absolute Gasteiger partial charge is 0.138 e. The summed E-state index contributed by atoms with van der Waals surface area (Å²) in [4.78, 5) is 0. The average molecular weight is 283 g/mol. The first kappa shape index (κ1) is 15.1. The second kappa shape index (κ2) is 6.92. The second-order valence-electron chi connectivity index (χ2n) is 4.83. The van der Waals surface area contributed by atoms with E-state index in [0.29, 0.717) is 12.2 Å². The summed E-state index contributed by atoms with van der Waals surface area (Å²) in [5.74, 6) is 5.92. The molecule has 2 nitrogen and oxygen atoms in total. The number of hydrogen-bond donors (Lipinski definition) is 1. The molecule has 0 aliphatic rings. The summed E-state index contributed by atoms with van der Waals surface area (Å²) in [6, 6.07) is 10.8. The molecule has 0 aliphatic heterocycles. The van der Waals surface area contributed by atoms with Crippen molar-refractivity contribution in [3.05, 3.63) is 64.5 Å². The molecule has 0 amide bonds. The van der Waals surface area contributed by atoms with Crippen LogP contribution in [0.3, 0.4) is 0 Å². The van der Waals surface area contributed by atoms with Crippen LogP contribution in [0.2, 0.25) is 0 Å². The van der Waals surface area contributed by atoms with Crippen LogP contribution in [0.4, 0.5) is 4.39 Å². The van der Waals surface area contributed by atoms with Gasteiger partial charge in [-0.2, -0.15) is 0 Å². The zero-order valence-corrected chi connectivity index (χ0v) is 12.2. The SMILES string of the molecule is Cc1cccc(C)c1OCc1ccc(F)c(C#CCN)c1. The summed E-state index contributed by atoms with van der Waals surface area (Å²) >= 11 is 0. The van der Waals surface area contributed by atoms with Crippen LogP contribution in [0.1, 0.15) is 22.3 Å². The highest BCUT2D eigenvalue weighted by molar-refractivity contribution is 5.41. The lowest BCUT2D eigenvalue weighted by atomic mass is 10.1. The number of benzene rings is 2. The highest BCUT2D eigenvalue weighted by Gasteiger charge is 2.05. The molecule has 0 atom stereocenters. The van der Waals surface area contributed by atoms with Gasteiger partial charge in [0.05, 0.1) is 12.1 Å². The van der Waals surface area contributed by atoms with E-state index in [-0.39, 0.29) is 12.4 Å². The zero-order chi connectivity index (χ0) is 15.2. The van der Waals surface area contributed by atoms with E-state index in [4.69, 9.17) is 10.5 Å². The van der Waals surface area contributed by atoms with Crippen molar-refractivity contribution in [2.24, 2.45) is 5.73 Å². The third kappa shape index (κ3) is 3.84. The summed E-state index contributed by atoms with van der Waals surface area (Å²) in [6.07, 6.45) is 0. The number of ether oxygens (including phenoxy) is 1. The number of halogens is 1. The Morgan fingerprint density at radius 1 is 1.14 bits per heavy atom. The van der Waals surface area contributed by atoms with Gasteiger partial charge >= 0.3 is 0 Å². The maximum Gasteiger partial charge on any atom is 0.138 e. The number of hydrogen-bond acceptors (Lipinski definition) is 2. The summed E-state index contributed by atoms with van der Waals surface area (Å²) in [7, 11) is 0. The van der Waals surface area contributed by atoms with Crippen LogP contribution in [-0.2, 0) is 6.61 Å². The predicted molar refractivity (Wildman–Crippen MR) is 82.6 cm³/mol. The van der Waals surface area contributed by atoms with Crippen LogP contribution in [0.25, 0.3) is 0 Å². The van der Waals surface area contributed by atoms with Crippen LogP contribution in [0.5, 0.6) is 5.75 Å². The van der Waals surface area contributed by atoms with E-state index < -0.39 is 0 Å². The fourth-order valence-corrected chi connectivity index (χ4v) is 2.09. The number of rotatable bonds is 3. The maximum atomic E-state index is 13.6. The molecule has 0 bridgehead atoms. The van der Waals surface area contributed by atoms with Crippen molar-refractivity contribution in [3.63, 3.8) is 0 Å². The van der Waals surface area contributed by atoms with Gasteiger partial charge in [-0.05, 0) is 42.7 Å². The highest BCUT2D eigenvalue weighted by Crippen LogP contribution is 2.23. The molecule has 0 saturated heterocycles. The van der Waals surface area contributed by atoms with Crippen LogP contribution in [0.15, 0.2) is 36.4 Å². The Morgan fingerprint density at radius 3 is 2.52 bits per heavy atom. The average Bonchev–Trinajstić information content (AvgIpc) is 2.47. The van der Waals surface area contributed by atoms with Crippen LogP contribution in [-0.4, -0.2) is 6.54 Å². The van der Waals surface area contributed by atoms with Crippen molar-refractivity contribution in [2.75, 3.05) is 6.54 Å². The van der Waals surface area contributed by atoms with Crippen LogP contribution < -0.4 is 10.5 Å². The first-order chi connectivity index (χ1) is 10.1. The quantitative estimate of drug-likeness (QED) is 0.877. The van der Waals surface area contributed by atoms with Gasteiger partial charge in [-0.15, -0.1) is 0 Å². The van der Waals surface area contributed by atoms with Crippen LogP contribution in [0, 0.1) is 31.5 Å². The van der Waals surface area contributed by atoms with Gasteiger partial charge in [0.1, 0.15) is 18.2 Å². The van der Waals surface area contributed by atoms with Crippen LogP contribution >= 0.6 is 0 Å². The number of para-hydroxylation sites is 1. The second-order valence-corrected chi connectivity index (χ2v) is 4.83. The molecule has 0 radical (unpaired) electrons. The van der Waals surface area contributed by atoms with E-state index in [1.54, 1.807) is 12.1 Å². The van der Waals surface area contributed by atoms with Gasteiger partial charge in [0.2, 0.25) is 0 Å². The molecule has 0 heterocycles. The van der Waals surface area contributed by atoms with Crippen molar-refractivity contribution in [3.8, 4) is 17.6 Å². The monoisotopic (exact) mass is 283 g/mol. The van der Waals surface area contributed by atoms with E-state index in [9.17, 15) is 4.39 Å². The minimum atomic E-state index is -0.341. The lowest BCUT2D eigenvalue weighted by molar-refractivity contribution is 0.302. The summed E-state index contributed by atoms with van der Waals surface area (Å²) in [6.45, 7) is 4.60. The fraction of sp³-hybridized carbons (Fsp3) is 0.222. The molecule has 0 fully saturated rings. The molecule has 2 N–H and O–H groups in total. The molecule has 0 aliphatic carbocycles. The number of aryl methyl sites for hydroxylation is 2. The fourth-order valence-electron chi connectivity index (χ4n) is 2.09. The molecular formula is C18H18FNO. The summed E-state index contributed by atoms with van der Waals surface area (Å²) in [5, 5.41) is 0. The molecular weight excluding hydrogens is 265 g/mol. The van der Waals surface area contributed by atoms with E-state index in [1.807, 2.05) is 32.0 Å². The largest absolute Gasteiger partial charge is 0.488 e. The Bertz CT molecular complexity index is 678. The predicted octanol–water partition coefficient (Wildman–Crippen LogP) is 3.33. The van der Waals surface area contributed by atoms with E-state index in [1.165, 1.54) is 6.07 Å². The molecule has 2 aromatic rings. The van der Waals surface area contributed by atoms with Gasteiger partial charge in [-0.25, -0.2) is 4.39 Å². The third-order valence-corrected chi connectivity index (χ3v) is 3.15. The Balaban J connectivity index is 2.17. The van der Waals surface area contributed by atoms with Gasteiger partial charge in [0.15, 0.2) is 0 Å². The van der Waals surface area contributed by atoms with E-state index in [0.717, 1.165) is 22.4 Å². The molecule has 21 heavy (non-hydrogen) atoms. The first-order valence-corrected chi connectivity index (χ1v) is 6.78. The molecule has 0 unspecified atom stereocenters. The Hall–Kier alpha value is -2.31. The van der Waals surface area contributed by atoms with Gasteiger partial charge in [0.25, 0.3) is 0 Å². The third-order valence-electron chi connectivity index (χ3n) is 3.15. The van der Waals surface area contributed by atoms with Crippen molar-refractivity contribution >= 4 is 0 Å². The summed E-state index contributed by atoms with van der Waals surface area (Å²) in [5.41, 5.74) is 8.70. The van der Waals surface area contributed by atoms with Crippen molar-refractivity contribution in [1.29, 1.82) is 0 Å². The van der Waals surface area contributed by atoms with Crippen molar-refractivity contribution < 1.29 is 9.13 Å². The highest BCUT2D eigenvalue weighted by atomic mass is 19.1. The standard InChI is InChI=1S/C18H18FNO/c1-13-5-3-6-14(2)18(13)21-12-15-8-9-17(19)16(11-15)7-4-10-20/h3,5-6,8-9,11H,10,12,20H2,1-2H3. The molecule has 0 spiro atoms. The topological polar surface area (TPSA) is 35.2 Å². The minimum Gasteiger partial charge on any atom is -0.488 e. The van der Waals surface area contributed by atoms with Gasteiger partial charge < -0.3 is 10.5 Å². The lowest BCUT2D eigenvalue weighted by Crippen LogP contribution is -2.00.